The molecule has 2 aliphatic carbocycles. The highest BCUT2D eigenvalue weighted by Gasteiger charge is 2.35. The molecule has 0 unspecified atom stereocenters. The maximum atomic E-state index is 12.7. The van der Waals surface area contributed by atoms with Crippen molar-refractivity contribution in [2.75, 3.05) is 39.3 Å². The third-order valence-corrected chi connectivity index (χ3v) is 5.91. The number of nitrogens with one attached hydrogen (secondary N) is 1. The molecule has 136 valence electrons. The Morgan fingerprint density at radius 1 is 1.04 bits per heavy atom. The molecule has 0 radical (unpaired) electrons. The molecule has 0 aromatic heterocycles. The van der Waals surface area contributed by atoms with Gasteiger partial charge < -0.3 is 16.0 Å². The molecular formula is C18H32N4O2. The van der Waals surface area contributed by atoms with Crippen molar-refractivity contribution in [3.8, 4) is 0 Å². The van der Waals surface area contributed by atoms with Gasteiger partial charge in [0, 0.05) is 38.6 Å². The fraction of sp³-hybridized carbons (Fsp3) is 0.889. The Kier molecular flexibility index (Phi) is 5.76. The summed E-state index contributed by atoms with van der Waals surface area (Å²) < 4.78 is 0. The molecular weight excluding hydrogens is 304 g/mol. The predicted octanol–water partition coefficient (Wildman–Crippen LogP) is 0.709. The number of hydrogen-bond acceptors (Lipinski definition) is 4. The third-order valence-electron chi connectivity index (χ3n) is 5.91. The third kappa shape index (κ3) is 4.70. The van der Waals surface area contributed by atoms with Crippen molar-refractivity contribution >= 4 is 11.8 Å². The summed E-state index contributed by atoms with van der Waals surface area (Å²) in [5.74, 6) is 0.381. The quantitative estimate of drug-likeness (QED) is 0.749. The molecule has 0 spiro atoms. The number of amides is 2. The largest absolute Gasteiger partial charge is 0.352 e. The second kappa shape index (κ2) is 7.83. The smallest absolute Gasteiger partial charge is 0.234 e. The summed E-state index contributed by atoms with van der Waals surface area (Å²) in [6.45, 7) is 4.14. The minimum absolute atomic E-state index is 0.0383. The molecule has 6 heteroatoms. The molecule has 1 saturated heterocycles. The zero-order chi connectivity index (χ0) is 17.0. The first-order valence-electron chi connectivity index (χ1n) is 9.60. The molecule has 0 bridgehead atoms. The number of rotatable bonds is 6. The number of carbonyl (C=O) groups is 2. The van der Waals surface area contributed by atoms with Crippen molar-refractivity contribution in [2.45, 2.75) is 57.4 Å². The molecule has 3 N–H and O–H groups in total. The Bertz CT molecular complexity index is 450. The van der Waals surface area contributed by atoms with E-state index >= 15 is 0 Å². The van der Waals surface area contributed by atoms with Crippen LogP contribution in [0.15, 0.2) is 0 Å². The van der Waals surface area contributed by atoms with Crippen molar-refractivity contribution in [1.29, 1.82) is 0 Å². The number of piperazine rings is 1. The average Bonchev–Trinajstić information content (AvgIpc) is 3.40. The maximum Gasteiger partial charge on any atom is 0.234 e. The van der Waals surface area contributed by atoms with Crippen LogP contribution in [-0.2, 0) is 9.59 Å². The minimum atomic E-state index is 0.0383. The Balaban J connectivity index is 1.41. The highest BCUT2D eigenvalue weighted by molar-refractivity contribution is 5.79. The van der Waals surface area contributed by atoms with Gasteiger partial charge in [0.25, 0.3) is 0 Å². The van der Waals surface area contributed by atoms with Crippen LogP contribution in [0.1, 0.15) is 51.4 Å². The molecule has 1 aliphatic heterocycles. The van der Waals surface area contributed by atoms with Crippen LogP contribution in [0.4, 0.5) is 0 Å². The van der Waals surface area contributed by atoms with Gasteiger partial charge in [0.15, 0.2) is 0 Å². The summed E-state index contributed by atoms with van der Waals surface area (Å²) in [7, 11) is 0. The summed E-state index contributed by atoms with van der Waals surface area (Å²) in [5, 5.41) is 3.03. The molecule has 0 atom stereocenters. The van der Waals surface area contributed by atoms with Crippen LogP contribution < -0.4 is 11.1 Å². The minimum Gasteiger partial charge on any atom is -0.352 e. The van der Waals surface area contributed by atoms with Gasteiger partial charge >= 0.3 is 0 Å². The number of hydrogen-bond donors (Lipinski definition) is 2. The second-order valence-electron chi connectivity index (χ2n) is 7.94. The normalized spacial score (nSPS) is 24.6. The summed E-state index contributed by atoms with van der Waals surface area (Å²) in [6, 6.07) is 0.420. The van der Waals surface area contributed by atoms with E-state index in [1.165, 1.54) is 19.3 Å². The zero-order valence-electron chi connectivity index (χ0n) is 14.8. The van der Waals surface area contributed by atoms with Crippen molar-refractivity contribution in [1.82, 2.24) is 15.1 Å². The second-order valence-corrected chi connectivity index (χ2v) is 7.94. The molecule has 2 saturated carbocycles. The van der Waals surface area contributed by atoms with Gasteiger partial charge in [0.05, 0.1) is 6.54 Å². The van der Waals surface area contributed by atoms with Gasteiger partial charge in [-0.2, -0.15) is 0 Å². The van der Waals surface area contributed by atoms with Crippen molar-refractivity contribution in [3.63, 3.8) is 0 Å². The Morgan fingerprint density at radius 3 is 2.29 bits per heavy atom. The zero-order valence-corrected chi connectivity index (χ0v) is 14.8. The van der Waals surface area contributed by atoms with Gasteiger partial charge in [-0.05, 0) is 37.6 Å². The lowest BCUT2D eigenvalue weighted by molar-refractivity contribution is -0.136. The van der Waals surface area contributed by atoms with Crippen LogP contribution in [-0.4, -0.2) is 66.9 Å². The Hall–Kier alpha value is -1.14. The van der Waals surface area contributed by atoms with Crippen molar-refractivity contribution < 1.29 is 9.59 Å². The van der Waals surface area contributed by atoms with Crippen LogP contribution in [0.25, 0.3) is 0 Å². The molecule has 0 aromatic carbocycles. The number of carbonyl (C=O) groups excluding carboxylic acids is 2. The van der Waals surface area contributed by atoms with E-state index in [4.69, 9.17) is 5.73 Å². The van der Waals surface area contributed by atoms with Crippen LogP contribution in [0.5, 0.6) is 0 Å². The lowest BCUT2D eigenvalue weighted by atomic mass is 9.71. The fourth-order valence-corrected chi connectivity index (χ4v) is 4.05. The van der Waals surface area contributed by atoms with Crippen molar-refractivity contribution in [3.05, 3.63) is 0 Å². The summed E-state index contributed by atoms with van der Waals surface area (Å²) >= 11 is 0. The van der Waals surface area contributed by atoms with Gasteiger partial charge in [-0.25, -0.2) is 0 Å². The van der Waals surface area contributed by atoms with Gasteiger partial charge in [-0.1, -0.05) is 19.3 Å². The van der Waals surface area contributed by atoms with E-state index in [2.05, 4.69) is 10.2 Å². The predicted molar refractivity (Wildman–Crippen MR) is 93.4 cm³/mol. The molecule has 2 amide bonds. The Labute approximate surface area is 145 Å². The SMILES string of the molecule is NCC1(CC(=O)N2CCN(CC(=O)NC3CC3)CC2)CCCCC1. The van der Waals surface area contributed by atoms with E-state index in [1.54, 1.807) is 0 Å². The highest BCUT2D eigenvalue weighted by Crippen LogP contribution is 2.38. The summed E-state index contributed by atoms with van der Waals surface area (Å²) in [4.78, 5) is 28.7. The lowest BCUT2D eigenvalue weighted by Gasteiger charge is -2.39. The van der Waals surface area contributed by atoms with E-state index in [9.17, 15) is 9.59 Å². The number of nitrogens with zero attached hydrogens (tertiary/aromatic N) is 2. The van der Waals surface area contributed by atoms with E-state index in [0.717, 1.165) is 51.9 Å². The number of nitrogens with two attached hydrogens (primary N) is 1. The van der Waals surface area contributed by atoms with Gasteiger partial charge in [-0.15, -0.1) is 0 Å². The summed E-state index contributed by atoms with van der Waals surface area (Å²) in [5.41, 5.74) is 6.05. The Morgan fingerprint density at radius 2 is 1.71 bits per heavy atom. The first-order valence-corrected chi connectivity index (χ1v) is 9.60. The first-order chi connectivity index (χ1) is 11.6. The van der Waals surface area contributed by atoms with Crippen LogP contribution in [0.3, 0.4) is 0 Å². The molecule has 6 nitrogen and oxygen atoms in total. The molecule has 0 aromatic rings. The molecule has 1 heterocycles. The van der Waals surface area contributed by atoms with Crippen LogP contribution in [0, 0.1) is 5.41 Å². The summed E-state index contributed by atoms with van der Waals surface area (Å²) in [6.07, 6.45) is 8.72. The van der Waals surface area contributed by atoms with Crippen molar-refractivity contribution in [2.24, 2.45) is 11.1 Å². The van der Waals surface area contributed by atoms with Gasteiger partial charge in [0.2, 0.25) is 11.8 Å². The lowest BCUT2D eigenvalue weighted by Crippen LogP contribution is -2.52. The maximum absolute atomic E-state index is 12.7. The van der Waals surface area contributed by atoms with E-state index < -0.39 is 0 Å². The molecule has 3 rings (SSSR count). The molecule has 3 fully saturated rings. The fourth-order valence-electron chi connectivity index (χ4n) is 4.05. The standard InChI is InChI=1S/C18H32N4O2/c19-14-18(6-2-1-3-7-18)12-17(24)22-10-8-21(9-11-22)13-16(23)20-15-4-5-15/h15H,1-14,19H2,(H,20,23). The van der Waals surface area contributed by atoms with E-state index in [1.807, 2.05) is 4.90 Å². The van der Waals surface area contributed by atoms with Crippen LogP contribution in [0.2, 0.25) is 0 Å². The average molecular weight is 336 g/mol. The van der Waals surface area contributed by atoms with E-state index in [0.29, 0.717) is 25.6 Å². The van der Waals surface area contributed by atoms with E-state index in [-0.39, 0.29) is 17.2 Å². The first kappa shape index (κ1) is 17.7. The topological polar surface area (TPSA) is 78.7 Å². The molecule has 3 aliphatic rings. The highest BCUT2D eigenvalue weighted by atomic mass is 16.2. The van der Waals surface area contributed by atoms with Gasteiger partial charge in [-0.3, -0.25) is 14.5 Å². The molecule has 24 heavy (non-hydrogen) atoms. The van der Waals surface area contributed by atoms with Crippen LogP contribution >= 0.6 is 0 Å². The van der Waals surface area contributed by atoms with Gasteiger partial charge in [0.1, 0.15) is 0 Å². The monoisotopic (exact) mass is 336 g/mol.